The lowest BCUT2D eigenvalue weighted by molar-refractivity contribution is -0.121. The second-order valence-electron chi connectivity index (χ2n) is 5.46. The van der Waals surface area contributed by atoms with E-state index in [-0.39, 0.29) is 5.91 Å². The summed E-state index contributed by atoms with van der Waals surface area (Å²) in [6, 6.07) is 19.6. The fourth-order valence-corrected chi connectivity index (χ4v) is 2.29. The van der Waals surface area contributed by atoms with Gasteiger partial charge in [0, 0.05) is 13.0 Å². The van der Waals surface area contributed by atoms with E-state index < -0.39 is 6.09 Å². The average Bonchev–Trinajstić information content (AvgIpc) is 2.66. The fraction of sp³-hybridized carbons (Fsp3) is 0.263. The minimum atomic E-state index is -0.490. The first kappa shape index (κ1) is 18.3. The second-order valence-corrected chi connectivity index (χ2v) is 5.46. The van der Waals surface area contributed by atoms with Crippen LogP contribution in [-0.4, -0.2) is 25.7 Å². The van der Waals surface area contributed by atoms with Gasteiger partial charge in [-0.15, -0.1) is 0 Å². The van der Waals surface area contributed by atoms with E-state index in [1.165, 1.54) is 7.11 Å². The smallest absolute Gasteiger partial charge is 0.406 e. The molecular formula is C19H23N3O3. The van der Waals surface area contributed by atoms with Crippen LogP contribution in [0.5, 0.6) is 0 Å². The third-order valence-electron chi connectivity index (χ3n) is 3.55. The number of carbonyl (C=O) groups excluding carboxylic acids is 2. The summed E-state index contributed by atoms with van der Waals surface area (Å²) < 4.78 is 4.49. The molecular weight excluding hydrogens is 318 g/mol. The molecule has 6 nitrogen and oxygen atoms in total. The maximum absolute atomic E-state index is 12.2. The van der Waals surface area contributed by atoms with Crippen molar-refractivity contribution in [2.75, 3.05) is 18.7 Å². The van der Waals surface area contributed by atoms with Crippen molar-refractivity contribution in [3.63, 3.8) is 0 Å². The van der Waals surface area contributed by atoms with Crippen LogP contribution in [0.1, 0.15) is 18.4 Å². The molecule has 25 heavy (non-hydrogen) atoms. The van der Waals surface area contributed by atoms with Gasteiger partial charge in [0.1, 0.15) is 0 Å². The molecule has 2 aromatic rings. The first-order valence-electron chi connectivity index (χ1n) is 8.17. The van der Waals surface area contributed by atoms with Crippen LogP contribution >= 0.6 is 0 Å². The van der Waals surface area contributed by atoms with Gasteiger partial charge < -0.3 is 10.1 Å². The zero-order chi connectivity index (χ0) is 17.9. The molecule has 6 heteroatoms. The minimum Gasteiger partial charge on any atom is -0.453 e. The average molecular weight is 341 g/mol. The first-order chi connectivity index (χ1) is 12.2. The van der Waals surface area contributed by atoms with Gasteiger partial charge in [0.25, 0.3) is 0 Å². The van der Waals surface area contributed by atoms with E-state index in [0.29, 0.717) is 25.9 Å². The summed E-state index contributed by atoms with van der Waals surface area (Å²) in [5.74, 6) is -0.105. The summed E-state index contributed by atoms with van der Waals surface area (Å²) in [6.07, 6.45) is 0.354. The Labute approximate surface area is 147 Å². The lowest BCUT2D eigenvalue weighted by Gasteiger charge is -2.25. The minimum absolute atomic E-state index is 0.105. The monoisotopic (exact) mass is 341 g/mol. The third-order valence-corrected chi connectivity index (χ3v) is 3.55. The molecule has 0 radical (unpaired) electrons. The van der Waals surface area contributed by atoms with Crippen molar-refractivity contribution in [2.45, 2.75) is 19.4 Å². The van der Waals surface area contributed by atoms with Gasteiger partial charge in [-0.05, 0) is 24.1 Å². The molecule has 0 atom stereocenters. The molecule has 0 fully saturated rings. The van der Waals surface area contributed by atoms with Gasteiger partial charge in [0.2, 0.25) is 5.91 Å². The molecule has 0 unspecified atom stereocenters. The lowest BCUT2D eigenvalue weighted by atomic mass is 10.2. The zero-order valence-electron chi connectivity index (χ0n) is 14.3. The van der Waals surface area contributed by atoms with E-state index in [1.54, 1.807) is 0 Å². The van der Waals surface area contributed by atoms with E-state index >= 15 is 0 Å². The number of anilines is 1. The number of rotatable bonds is 8. The van der Waals surface area contributed by atoms with Crippen molar-refractivity contribution in [1.29, 1.82) is 0 Å². The van der Waals surface area contributed by atoms with Crippen LogP contribution in [0.3, 0.4) is 0 Å². The first-order valence-corrected chi connectivity index (χ1v) is 8.17. The normalized spacial score (nSPS) is 9.96. The molecule has 0 aliphatic carbocycles. The summed E-state index contributed by atoms with van der Waals surface area (Å²) in [6.45, 7) is 0.959. The standard InChI is InChI=1S/C19H23N3O3/c1-25-19(24)20-14-8-13-18(23)21-22(17-11-6-3-7-12-17)15-16-9-4-2-5-10-16/h2-7,9-12H,8,13-15H2,1H3,(H,20,24)(H,21,23). The molecule has 2 N–H and O–H groups in total. The summed E-state index contributed by atoms with van der Waals surface area (Å²) in [4.78, 5) is 23.2. The van der Waals surface area contributed by atoms with Gasteiger partial charge in [-0.25, -0.2) is 4.79 Å². The van der Waals surface area contributed by atoms with Crippen molar-refractivity contribution in [1.82, 2.24) is 10.7 Å². The van der Waals surface area contributed by atoms with Gasteiger partial charge in [0.15, 0.2) is 0 Å². The molecule has 0 spiro atoms. The van der Waals surface area contributed by atoms with Crippen LogP contribution in [0.4, 0.5) is 10.5 Å². The molecule has 0 saturated carbocycles. The third kappa shape index (κ3) is 6.55. The molecule has 2 rings (SSSR count). The second kappa shape index (κ2) is 9.97. The quantitative estimate of drug-likeness (QED) is 0.572. The van der Waals surface area contributed by atoms with E-state index in [1.807, 2.05) is 65.7 Å². The molecule has 0 aliphatic heterocycles. The van der Waals surface area contributed by atoms with Crippen LogP contribution in [-0.2, 0) is 16.1 Å². The number of para-hydroxylation sites is 1. The lowest BCUT2D eigenvalue weighted by Crippen LogP contribution is -2.42. The molecule has 132 valence electrons. The Kier molecular flexibility index (Phi) is 7.31. The molecule has 0 aliphatic rings. The highest BCUT2D eigenvalue weighted by Crippen LogP contribution is 2.14. The Bertz CT molecular complexity index is 662. The van der Waals surface area contributed by atoms with Crippen LogP contribution in [0.25, 0.3) is 0 Å². The molecule has 0 bridgehead atoms. The number of alkyl carbamates (subject to hydrolysis) is 1. The van der Waals surface area contributed by atoms with Gasteiger partial charge in [-0.3, -0.25) is 15.2 Å². The van der Waals surface area contributed by atoms with Gasteiger partial charge >= 0.3 is 6.09 Å². The Morgan fingerprint density at radius 1 is 1.00 bits per heavy atom. The SMILES string of the molecule is COC(=O)NCCCC(=O)NN(Cc1ccccc1)c1ccccc1. The van der Waals surface area contributed by atoms with Gasteiger partial charge in [0.05, 0.1) is 19.3 Å². The number of hydrazine groups is 1. The zero-order valence-corrected chi connectivity index (χ0v) is 14.3. The Morgan fingerprint density at radius 3 is 2.28 bits per heavy atom. The number of carbonyl (C=O) groups is 2. The summed E-state index contributed by atoms with van der Waals surface area (Å²) in [7, 11) is 1.31. The summed E-state index contributed by atoms with van der Waals surface area (Å²) >= 11 is 0. The maximum Gasteiger partial charge on any atom is 0.406 e. The molecule has 0 aromatic heterocycles. The van der Waals surface area contributed by atoms with Crippen LogP contribution in [0, 0.1) is 0 Å². The highest BCUT2D eigenvalue weighted by Gasteiger charge is 2.11. The topological polar surface area (TPSA) is 70.7 Å². The number of benzene rings is 2. The Balaban J connectivity index is 1.92. The largest absolute Gasteiger partial charge is 0.453 e. The molecule has 0 heterocycles. The highest BCUT2D eigenvalue weighted by atomic mass is 16.5. The van der Waals surface area contributed by atoms with Crippen molar-refractivity contribution in [3.8, 4) is 0 Å². The van der Waals surface area contributed by atoms with E-state index in [0.717, 1.165) is 11.3 Å². The van der Waals surface area contributed by atoms with Crippen LogP contribution in [0.15, 0.2) is 60.7 Å². The van der Waals surface area contributed by atoms with E-state index in [2.05, 4.69) is 15.5 Å². The molecule has 2 amide bonds. The summed E-state index contributed by atoms with van der Waals surface area (Å²) in [5, 5.41) is 4.38. The number of hydrogen-bond donors (Lipinski definition) is 2. The predicted octanol–water partition coefficient (Wildman–Crippen LogP) is 2.86. The summed E-state index contributed by atoms with van der Waals surface area (Å²) in [5.41, 5.74) is 4.94. The number of amides is 2. The maximum atomic E-state index is 12.2. The van der Waals surface area contributed by atoms with Gasteiger partial charge in [-0.1, -0.05) is 48.5 Å². The van der Waals surface area contributed by atoms with Crippen molar-refractivity contribution in [3.05, 3.63) is 66.2 Å². The Hall–Kier alpha value is -3.02. The van der Waals surface area contributed by atoms with Crippen molar-refractivity contribution >= 4 is 17.7 Å². The van der Waals surface area contributed by atoms with Crippen molar-refractivity contribution < 1.29 is 14.3 Å². The number of nitrogens with zero attached hydrogens (tertiary/aromatic N) is 1. The van der Waals surface area contributed by atoms with E-state index in [9.17, 15) is 9.59 Å². The fourth-order valence-electron chi connectivity index (χ4n) is 2.29. The van der Waals surface area contributed by atoms with E-state index in [4.69, 9.17) is 0 Å². The van der Waals surface area contributed by atoms with Gasteiger partial charge in [-0.2, -0.15) is 0 Å². The number of methoxy groups -OCH3 is 1. The molecule has 2 aromatic carbocycles. The molecule has 0 saturated heterocycles. The van der Waals surface area contributed by atoms with Crippen LogP contribution < -0.4 is 15.8 Å². The number of hydrogen-bond acceptors (Lipinski definition) is 4. The number of ether oxygens (including phenoxy) is 1. The van der Waals surface area contributed by atoms with Crippen LogP contribution in [0.2, 0.25) is 0 Å². The number of nitrogens with one attached hydrogen (secondary N) is 2. The predicted molar refractivity (Wildman–Crippen MR) is 96.9 cm³/mol. The Morgan fingerprint density at radius 2 is 1.64 bits per heavy atom. The van der Waals surface area contributed by atoms with Crippen molar-refractivity contribution in [2.24, 2.45) is 0 Å². The highest BCUT2D eigenvalue weighted by molar-refractivity contribution is 5.78.